The molecule has 1 atom stereocenters. The maximum Gasteiger partial charge on any atom is 0.262 e. The molecule has 0 spiro atoms. The highest BCUT2D eigenvalue weighted by Crippen LogP contribution is 2.17. The molecule has 8 heteroatoms. The van der Waals surface area contributed by atoms with Gasteiger partial charge in [0, 0.05) is 32.9 Å². The lowest BCUT2D eigenvalue weighted by atomic mass is 10.3. The van der Waals surface area contributed by atoms with Gasteiger partial charge in [0.15, 0.2) is 5.03 Å². The summed E-state index contributed by atoms with van der Waals surface area (Å²) < 4.78 is 33.6. The van der Waals surface area contributed by atoms with Crippen molar-refractivity contribution in [2.75, 3.05) is 33.3 Å². The van der Waals surface area contributed by atoms with Crippen LogP contribution in [0.15, 0.2) is 11.2 Å². The summed E-state index contributed by atoms with van der Waals surface area (Å²) in [5.74, 6) is 0.679. The van der Waals surface area contributed by atoms with Crippen molar-refractivity contribution in [3.63, 3.8) is 0 Å². The molecule has 1 fully saturated rings. The Morgan fingerprint density at radius 1 is 1.58 bits per heavy atom. The molecule has 2 heterocycles. The van der Waals surface area contributed by atoms with E-state index in [0.717, 1.165) is 0 Å². The Kier molecular flexibility index (Phi) is 4.24. The SMILES string of the molecule is CNCC1CN(S(=O)(=O)c2cn(C)c(C)n2)CCO1. The number of hydrogen-bond acceptors (Lipinski definition) is 5. The standard InChI is InChI=1S/C11H20N4O3S/c1-9-13-11(8-14(9)3)19(16,17)15-4-5-18-10(7-15)6-12-2/h8,10,12H,4-7H2,1-3H3. The average Bonchev–Trinajstić information content (AvgIpc) is 2.71. The first-order chi connectivity index (χ1) is 8.95. The Morgan fingerprint density at radius 2 is 2.32 bits per heavy atom. The number of nitrogens with one attached hydrogen (secondary N) is 1. The molecule has 108 valence electrons. The predicted octanol–water partition coefficient (Wildman–Crippen LogP) is -0.663. The molecule has 1 N–H and O–H groups in total. The summed E-state index contributed by atoms with van der Waals surface area (Å²) in [6.45, 7) is 3.56. The second kappa shape index (κ2) is 5.58. The molecule has 1 aliphatic rings. The second-order valence-electron chi connectivity index (χ2n) is 4.65. The van der Waals surface area contributed by atoms with Crippen molar-refractivity contribution in [3.05, 3.63) is 12.0 Å². The van der Waals surface area contributed by atoms with E-state index in [0.29, 0.717) is 32.1 Å². The zero-order valence-corrected chi connectivity index (χ0v) is 12.3. The van der Waals surface area contributed by atoms with Crippen LogP contribution in [-0.4, -0.2) is 61.7 Å². The third kappa shape index (κ3) is 2.97. The third-order valence-electron chi connectivity index (χ3n) is 3.22. The van der Waals surface area contributed by atoms with Gasteiger partial charge in [0.2, 0.25) is 0 Å². The van der Waals surface area contributed by atoms with Gasteiger partial charge >= 0.3 is 0 Å². The quantitative estimate of drug-likeness (QED) is 0.796. The van der Waals surface area contributed by atoms with Gasteiger partial charge in [-0.1, -0.05) is 0 Å². The highest BCUT2D eigenvalue weighted by atomic mass is 32.2. The molecule has 1 aromatic heterocycles. The lowest BCUT2D eigenvalue weighted by molar-refractivity contribution is 0.000761. The highest BCUT2D eigenvalue weighted by Gasteiger charge is 2.32. The summed E-state index contributed by atoms with van der Waals surface area (Å²) in [6, 6.07) is 0. The van der Waals surface area contributed by atoms with Crippen LogP contribution in [0.5, 0.6) is 0 Å². The van der Waals surface area contributed by atoms with Crippen molar-refractivity contribution in [1.82, 2.24) is 19.2 Å². The van der Waals surface area contributed by atoms with Gasteiger partial charge in [-0.25, -0.2) is 13.4 Å². The van der Waals surface area contributed by atoms with E-state index in [4.69, 9.17) is 4.74 Å². The van der Waals surface area contributed by atoms with Gasteiger partial charge < -0.3 is 14.6 Å². The smallest absolute Gasteiger partial charge is 0.262 e. The molecule has 1 unspecified atom stereocenters. The van der Waals surface area contributed by atoms with Gasteiger partial charge in [-0.3, -0.25) is 0 Å². The van der Waals surface area contributed by atoms with Crippen LogP contribution in [0.2, 0.25) is 0 Å². The van der Waals surface area contributed by atoms with Crippen molar-refractivity contribution in [3.8, 4) is 0 Å². The fourth-order valence-electron chi connectivity index (χ4n) is 2.04. The fraction of sp³-hybridized carbons (Fsp3) is 0.727. The minimum Gasteiger partial charge on any atom is -0.374 e. The molecular formula is C11H20N4O3S. The number of morpholine rings is 1. The maximum atomic E-state index is 12.5. The first-order valence-electron chi connectivity index (χ1n) is 6.21. The summed E-state index contributed by atoms with van der Waals surface area (Å²) >= 11 is 0. The van der Waals surface area contributed by atoms with Gasteiger partial charge in [0.05, 0.1) is 12.7 Å². The maximum absolute atomic E-state index is 12.5. The normalized spacial score (nSPS) is 21.7. The number of imidazole rings is 1. The zero-order chi connectivity index (χ0) is 14.0. The van der Waals surface area contributed by atoms with Crippen LogP contribution < -0.4 is 5.32 Å². The number of aromatic nitrogens is 2. The van der Waals surface area contributed by atoms with E-state index in [1.165, 1.54) is 4.31 Å². The number of hydrogen-bond donors (Lipinski definition) is 1. The summed E-state index contributed by atoms with van der Waals surface area (Å²) in [5, 5.41) is 3.11. The van der Waals surface area contributed by atoms with Crippen molar-refractivity contribution in [2.45, 2.75) is 18.1 Å². The number of ether oxygens (including phenoxy) is 1. The van der Waals surface area contributed by atoms with Gasteiger partial charge in [-0.2, -0.15) is 4.31 Å². The number of aryl methyl sites for hydroxylation is 2. The Balaban J connectivity index is 2.19. The number of sulfonamides is 1. The van der Waals surface area contributed by atoms with Crippen LogP contribution in [0.4, 0.5) is 0 Å². The molecule has 1 saturated heterocycles. The number of nitrogens with zero attached hydrogens (tertiary/aromatic N) is 3. The molecule has 1 aromatic rings. The van der Waals surface area contributed by atoms with Crippen LogP contribution in [0.3, 0.4) is 0 Å². The Bertz CT molecular complexity index is 519. The minimum atomic E-state index is -3.52. The number of rotatable bonds is 4. The summed E-state index contributed by atoms with van der Waals surface area (Å²) in [5.41, 5.74) is 0. The van der Waals surface area contributed by atoms with Gasteiger partial charge in [0.25, 0.3) is 10.0 Å². The molecule has 0 aromatic carbocycles. The molecule has 0 radical (unpaired) electrons. The first-order valence-corrected chi connectivity index (χ1v) is 7.65. The van der Waals surface area contributed by atoms with Crippen LogP contribution in [0.25, 0.3) is 0 Å². The molecule has 0 aliphatic carbocycles. The van der Waals surface area contributed by atoms with Crippen LogP contribution in [0.1, 0.15) is 5.82 Å². The van der Waals surface area contributed by atoms with Gasteiger partial charge in [-0.05, 0) is 14.0 Å². The van der Waals surface area contributed by atoms with E-state index in [-0.39, 0.29) is 11.1 Å². The summed E-state index contributed by atoms with van der Waals surface area (Å²) in [4.78, 5) is 4.11. The molecule has 0 amide bonds. The highest BCUT2D eigenvalue weighted by molar-refractivity contribution is 7.89. The van der Waals surface area contributed by atoms with E-state index >= 15 is 0 Å². The first kappa shape index (κ1) is 14.4. The summed E-state index contributed by atoms with van der Waals surface area (Å²) in [7, 11) is 0.0793. The minimum absolute atomic E-state index is 0.109. The van der Waals surface area contributed by atoms with Gasteiger partial charge in [0.1, 0.15) is 5.82 Å². The molecule has 2 rings (SSSR count). The lowest BCUT2D eigenvalue weighted by Gasteiger charge is -2.31. The van der Waals surface area contributed by atoms with Crippen molar-refractivity contribution >= 4 is 10.0 Å². The average molecular weight is 288 g/mol. The summed E-state index contributed by atoms with van der Waals surface area (Å²) in [6.07, 6.45) is 1.44. The van der Waals surface area contributed by atoms with E-state index in [9.17, 15) is 8.42 Å². The van der Waals surface area contributed by atoms with Crippen LogP contribution in [0, 0.1) is 6.92 Å². The Labute approximate surface area is 113 Å². The van der Waals surface area contributed by atoms with E-state index in [1.54, 1.807) is 24.7 Å². The largest absolute Gasteiger partial charge is 0.374 e. The van der Waals surface area contributed by atoms with Crippen molar-refractivity contribution in [2.24, 2.45) is 7.05 Å². The second-order valence-corrected chi connectivity index (χ2v) is 6.54. The number of likely N-dealkylation sites (N-methyl/N-ethyl adjacent to an activating group) is 1. The zero-order valence-electron chi connectivity index (χ0n) is 11.5. The topological polar surface area (TPSA) is 76.5 Å². The molecule has 19 heavy (non-hydrogen) atoms. The molecule has 0 bridgehead atoms. The monoisotopic (exact) mass is 288 g/mol. The van der Waals surface area contributed by atoms with E-state index in [1.807, 2.05) is 7.05 Å². The Morgan fingerprint density at radius 3 is 2.89 bits per heavy atom. The molecule has 0 saturated carbocycles. The van der Waals surface area contributed by atoms with Crippen molar-refractivity contribution in [1.29, 1.82) is 0 Å². The molecule has 7 nitrogen and oxygen atoms in total. The Hall–Kier alpha value is -0.960. The lowest BCUT2D eigenvalue weighted by Crippen LogP contribution is -2.48. The molecular weight excluding hydrogens is 268 g/mol. The van der Waals surface area contributed by atoms with Crippen LogP contribution in [-0.2, 0) is 21.8 Å². The van der Waals surface area contributed by atoms with Crippen molar-refractivity contribution < 1.29 is 13.2 Å². The third-order valence-corrected chi connectivity index (χ3v) is 4.96. The molecule has 1 aliphatic heterocycles. The fourth-order valence-corrected chi connectivity index (χ4v) is 3.53. The van der Waals surface area contributed by atoms with Gasteiger partial charge in [-0.15, -0.1) is 0 Å². The van der Waals surface area contributed by atoms with Crippen LogP contribution >= 0.6 is 0 Å². The van der Waals surface area contributed by atoms with E-state index in [2.05, 4.69) is 10.3 Å². The van der Waals surface area contributed by atoms with E-state index < -0.39 is 10.0 Å². The predicted molar refractivity (Wildman–Crippen MR) is 70.4 cm³/mol.